The van der Waals surface area contributed by atoms with Crippen LogP contribution in [0.2, 0.25) is 0 Å². The minimum absolute atomic E-state index is 0.0148. The SMILES string of the molecule is COc1ccc(-c2cc(S(=O)(=O)NC(C)(C)C)ccc2F)cc1C(=O)Nc1c(C(=O)Nc2ccc(F)c(C(F)(F)F)c2)sc2cc(C(F)(F)F)ccc12. The fourth-order valence-electron chi connectivity index (χ4n) is 5.15. The number of carbonyl (C=O) groups is 2. The van der Waals surface area contributed by atoms with Gasteiger partial charge in [0.05, 0.1) is 34.4 Å². The fraction of sp³-hybridized carbons (Fsp3) is 0.200. The van der Waals surface area contributed by atoms with Gasteiger partial charge in [0.25, 0.3) is 11.8 Å². The van der Waals surface area contributed by atoms with Gasteiger partial charge in [-0.1, -0.05) is 12.1 Å². The van der Waals surface area contributed by atoms with E-state index in [0.717, 1.165) is 36.4 Å². The Morgan fingerprint density at radius 1 is 0.755 bits per heavy atom. The fourth-order valence-corrected chi connectivity index (χ4v) is 7.69. The molecule has 0 saturated heterocycles. The molecule has 1 aromatic heterocycles. The van der Waals surface area contributed by atoms with E-state index in [2.05, 4.69) is 15.4 Å². The van der Waals surface area contributed by atoms with Gasteiger partial charge in [0.2, 0.25) is 10.0 Å². The highest BCUT2D eigenvalue weighted by Crippen LogP contribution is 2.41. The molecule has 0 aliphatic rings. The minimum Gasteiger partial charge on any atom is -0.496 e. The molecule has 0 atom stereocenters. The number of nitrogens with one attached hydrogen (secondary N) is 3. The maximum atomic E-state index is 15.2. The Bertz CT molecular complexity index is 2370. The van der Waals surface area contributed by atoms with Crippen LogP contribution in [0.25, 0.3) is 21.2 Å². The molecule has 5 aromatic rings. The van der Waals surface area contributed by atoms with E-state index in [9.17, 15) is 48.7 Å². The first kappa shape index (κ1) is 39.1. The summed E-state index contributed by atoms with van der Waals surface area (Å²) in [6, 6.07) is 10.8. The molecule has 0 saturated carbocycles. The summed E-state index contributed by atoms with van der Waals surface area (Å²) in [6.45, 7) is 4.82. The standard InChI is InChI=1S/C35H27F8N3O5S2/c1-33(2,3)46-53(49,50)20-8-11-25(36)22(16-20)17-5-12-27(51-4)23(13-17)31(47)45-29-21-9-6-18(34(38,39)40)14-28(21)52-30(29)32(48)44-19-7-10-26(37)24(15-19)35(41,42)43/h5-16,46H,1-4H3,(H,44,48)(H,45,47). The Hall–Kier alpha value is -5.07. The second-order valence-corrected chi connectivity index (χ2v) is 15.3. The number of ether oxygens (including phenoxy) is 1. The lowest BCUT2D eigenvalue weighted by atomic mass is 10.0. The van der Waals surface area contributed by atoms with Crippen LogP contribution in [-0.2, 0) is 22.4 Å². The van der Waals surface area contributed by atoms with E-state index in [0.29, 0.717) is 35.6 Å². The Labute approximate surface area is 300 Å². The third-order valence-electron chi connectivity index (χ3n) is 7.44. The molecule has 53 heavy (non-hydrogen) atoms. The van der Waals surface area contributed by atoms with Crippen molar-refractivity contribution in [1.82, 2.24) is 4.72 Å². The number of alkyl halides is 6. The quantitative estimate of drug-likeness (QED) is 0.136. The van der Waals surface area contributed by atoms with E-state index in [1.807, 2.05) is 0 Å². The number of benzene rings is 4. The summed E-state index contributed by atoms with van der Waals surface area (Å²) in [7, 11) is -2.92. The summed E-state index contributed by atoms with van der Waals surface area (Å²) in [6.07, 6.45) is -9.92. The zero-order valence-corrected chi connectivity index (χ0v) is 29.4. The van der Waals surface area contributed by atoms with Crippen molar-refractivity contribution in [2.24, 2.45) is 0 Å². The lowest BCUT2D eigenvalue weighted by molar-refractivity contribution is -0.140. The summed E-state index contributed by atoms with van der Waals surface area (Å²) in [4.78, 5) is 26.6. The van der Waals surface area contributed by atoms with E-state index in [1.165, 1.54) is 19.2 Å². The van der Waals surface area contributed by atoms with Crippen molar-refractivity contribution in [3.63, 3.8) is 0 Å². The van der Waals surface area contributed by atoms with Gasteiger partial charge < -0.3 is 15.4 Å². The molecule has 0 fully saturated rings. The number of rotatable bonds is 8. The molecule has 18 heteroatoms. The Morgan fingerprint density at radius 2 is 1.43 bits per heavy atom. The van der Waals surface area contributed by atoms with Crippen molar-refractivity contribution in [1.29, 1.82) is 0 Å². The van der Waals surface area contributed by atoms with E-state index < -0.39 is 73.1 Å². The smallest absolute Gasteiger partial charge is 0.419 e. The Kier molecular flexibility index (Phi) is 10.4. The molecule has 5 rings (SSSR count). The van der Waals surface area contributed by atoms with Crippen molar-refractivity contribution in [3.8, 4) is 16.9 Å². The van der Waals surface area contributed by atoms with Crippen LogP contribution in [-0.4, -0.2) is 32.9 Å². The van der Waals surface area contributed by atoms with Crippen molar-refractivity contribution >= 4 is 54.6 Å². The normalized spacial score (nSPS) is 12.5. The van der Waals surface area contributed by atoms with Gasteiger partial charge in [-0.3, -0.25) is 9.59 Å². The lowest BCUT2D eigenvalue weighted by Gasteiger charge is -2.20. The Balaban J connectivity index is 1.58. The van der Waals surface area contributed by atoms with Gasteiger partial charge in [0, 0.05) is 26.9 Å². The van der Waals surface area contributed by atoms with Crippen LogP contribution in [0, 0.1) is 11.6 Å². The third kappa shape index (κ3) is 8.60. The monoisotopic (exact) mass is 785 g/mol. The second kappa shape index (κ2) is 14.1. The minimum atomic E-state index is -5.12. The first-order chi connectivity index (χ1) is 24.5. The van der Waals surface area contributed by atoms with Crippen LogP contribution in [0.5, 0.6) is 5.75 Å². The summed E-state index contributed by atoms with van der Waals surface area (Å²) in [5, 5.41) is 4.56. The van der Waals surface area contributed by atoms with Crippen molar-refractivity contribution in [2.75, 3.05) is 17.7 Å². The molecule has 0 bridgehead atoms. The number of fused-ring (bicyclic) bond motifs is 1. The largest absolute Gasteiger partial charge is 0.496 e. The molecular weight excluding hydrogens is 759 g/mol. The van der Waals surface area contributed by atoms with Crippen LogP contribution in [0.3, 0.4) is 0 Å². The average Bonchev–Trinajstić information content (AvgIpc) is 3.41. The molecule has 0 aliphatic heterocycles. The Morgan fingerprint density at radius 3 is 2.06 bits per heavy atom. The highest BCUT2D eigenvalue weighted by atomic mass is 32.2. The predicted molar refractivity (Wildman–Crippen MR) is 183 cm³/mol. The van der Waals surface area contributed by atoms with E-state index in [-0.39, 0.29) is 43.1 Å². The number of carbonyl (C=O) groups excluding carboxylic acids is 2. The summed E-state index contributed by atoms with van der Waals surface area (Å²) >= 11 is 0.484. The van der Waals surface area contributed by atoms with E-state index >= 15 is 4.39 Å². The highest BCUT2D eigenvalue weighted by Gasteiger charge is 2.35. The molecule has 4 aromatic carbocycles. The number of amides is 2. The molecule has 280 valence electrons. The van der Waals surface area contributed by atoms with Gasteiger partial charge in [-0.2, -0.15) is 26.3 Å². The number of thiophene rings is 1. The predicted octanol–water partition coefficient (Wildman–Crippen LogP) is 9.47. The molecule has 0 unspecified atom stereocenters. The van der Waals surface area contributed by atoms with Crippen molar-refractivity contribution < 1.29 is 57.9 Å². The average molecular weight is 786 g/mol. The van der Waals surface area contributed by atoms with Crippen LogP contribution in [0.1, 0.15) is 51.9 Å². The summed E-state index contributed by atoms with van der Waals surface area (Å²) in [5.74, 6) is -4.72. The van der Waals surface area contributed by atoms with Gasteiger partial charge in [0.1, 0.15) is 22.3 Å². The van der Waals surface area contributed by atoms with E-state index in [4.69, 9.17) is 4.74 Å². The highest BCUT2D eigenvalue weighted by molar-refractivity contribution is 7.89. The number of halogens is 8. The maximum absolute atomic E-state index is 15.2. The maximum Gasteiger partial charge on any atom is 0.419 e. The molecule has 2 amide bonds. The zero-order valence-electron chi connectivity index (χ0n) is 27.8. The van der Waals surface area contributed by atoms with Gasteiger partial charge in [-0.15, -0.1) is 11.3 Å². The topological polar surface area (TPSA) is 114 Å². The number of hydrogen-bond acceptors (Lipinski definition) is 6. The lowest BCUT2D eigenvalue weighted by Crippen LogP contribution is -2.40. The zero-order chi connectivity index (χ0) is 39.3. The number of methoxy groups -OCH3 is 1. The number of hydrogen-bond donors (Lipinski definition) is 3. The summed E-state index contributed by atoms with van der Waals surface area (Å²) in [5.41, 5.74) is -4.99. The number of anilines is 2. The number of sulfonamides is 1. The molecule has 1 heterocycles. The van der Waals surface area contributed by atoms with Crippen molar-refractivity contribution in [2.45, 2.75) is 43.6 Å². The van der Waals surface area contributed by atoms with Gasteiger partial charge >= 0.3 is 12.4 Å². The third-order valence-corrected chi connectivity index (χ3v) is 10.3. The molecule has 0 aliphatic carbocycles. The van der Waals surface area contributed by atoms with Crippen LogP contribution in [0.15, 0.2) is 77.7 Å². The van der Waals surface area contributed by atoms with Crippen LogP contribution >= 0.6 is 11.3 Å². The first-order valence-corrected chi connectivity index (χ1v) is 17.4. The molecule has 0 spiro atoms. The van der Waals surface area contributed by atoms with Gasteiger partial charge in [-0.25, -0.2) is 21.9 Å². The molecule has 8 nitrogen and oxygen atoms in total. The molecule has 0 radical (unpaired) electrons. The summed E-state index contributed by atoms with van der Waals surface area (Å²) < 4.78 is 143. The van der Waals surface area contributed by atoms with E-state index in [1.54, 1.807) is 20.8 Å². The first-order valence-electron chi connectivity index (χ1n) is 15.1. The van der Waals surface area contributed by atoms with Gasteiger partial charge in [0.15, 0.2) is 0 Å². The van der Waals surface area contributed by atoms with Gasteiger partial charge in [-0.05, 0) is 87.0 Å². The molecule has 3 N–H and O–H groups in total. The van der Waals surface area contributed by atoms with Crippen LogP contribution in [0.4, 0.5) is 46.5 Å². The second-order valence-electron chi connectivity index (χ2n) is 12.5. The van der Waals surface area contributed by atoms with Crippen LogP contribution < -0.4 is 20.1 Å². The molecular formula is C35H27F8N3O5S2. The van der Waals surface area contributed by atoms with Crippen molar-refractivity contribution in [3.05, 3.63) is 106 Å².